The Morgan fingerprint density at radius 3 is 2.74 bits per heavy atom. The van der Waals surface area contributed by atoms with Gasteiger partial charge < -0.3 is 5.32 Å². The standard InChI is InChI=1S/C17H13N5S/c1-11-10-23-17(21-11)22-16-15-13(5-3-7-19-15)14(9-20-16)12-4-2-6-18-8-12/h2-10H,1H3,(H,20,21,22). The fourth-order valence-electron chi connectivity index (χ4n) is 2.43. The Morgan fingerprint density at radius 1 is 1.04 bits per heavy atom. The molecule has 0 spiro atoms. The van der Waals surface area contributed by atoms with Gasteiger partial charge in [-0.15, -0.1) is 11.3 Å². The molecule has 0 radical (unpaired) electrons. The van der Waals surface area contributed by atoms with Crippen LogP contribution in [0.4, 0.5) is 10.9 Å². The molecule has 0 unspecified atom stereocenters. The first-order valence-corrected chi connectivity index (χ1v) is 8.02. The maximum Gasteiger partial charge on any atom is 0.188 e. The zero-order chi connectivity index (χ0) is 15.6. The van der Waals surface area contributed by atoms with Crippen LogP contribution in [-0.2, 0) is 0 Å². The molecule has 23 heavy (non-hydrogen) atoms. The van der Waals surface area contributed by atoms with Crippen LogP contribution in [-0.4, -0.2) is 19.9 Å². The van der Waals surface area contributed by atoms with Gasteiger partial charge in [-0.1, -0.05) is 12.1 Å². The molecule has 4 aromatic rings. The molecule has 0 aliphatic rings. The number of pyridine rings is 3. The highest BCUT2D eigenvalue weighted by Gasteiger charge is 2.11. The molecule has 5 nitrogen and oxygen atoms in total. The predicted molar refractivity (Wildman–Crippen MR) is 92.9 cm³/mol. The average Bonchev–Trinajstić information content (AvgIpc) is 3.01. The second-order valence-electron chi connectivity index (χ2n) is 5.08. The van der Waals surface area contributed by atoms with Crippen molar-refractivity contribution in [3.8, 4) is 11.1 Å². The number of rotatable bonds is 3. The van der Waals surface area contributed by atoms with Gasteiger partial charge in [-0.05, 0) is 19.1 Å². The second kappa shape index (κ2) is 5.73. The van der Waals surface area contributed by atoms with Gasteiger partial charge in [-0.3, -0.25) is 9.97 Å². The fourth-order valence-corrected chi connectivity index (χ4v) is 3.11. The Morgan fingerprint density at radius 2 is 1.96 bits per heavy atom. The van der Waals surface area contributed by atoms with Crippen molar-refractivity contribution in [2.24, 2.45) is 0 Å². The highest BCUT2D eigenvalue weighted by atomic mass is 32.1. The molecule has 0 bridgehead atoms. The molecule has 4 heterocycles. The van der Waals surface area contributed by atoms with Gasteiger partial charge in [0.05, 0.1) is 5.69 Å². The molecular formula is C17H13N5S. The Labute approximate surface area is 137 Å². The van der Waals surface area contributed by atoms with Gasteiger partial charge in [-0.2, -0.15) is 0 Å². The Hall–Kier alpha value is -2.86. The topological polar surface area (TPSA) is 63.6 Å². The third-order valence-corrected chi connectivity index (χ3v) is 4.34. The zero-order valence-electron chi connectivity index (χ0n) is 12.4. The summed E-state index contributed by atoms with van der Waals surface area (Å²) in [5.74, 6) is 0.711. The molecule has 0 aliphatic carbocycles. The zero-order valence-corrected chi connectivity index (χ0v) is 13.2. The minimum atomic E-state index is 0.711. The predicted octanol–water partition coefficient (Wildman–Crippen LogP) is 4.20. The minimum Gasteiger partial charge on any atom is -0.314 e. The largest absolute Gasteiger partial charge is 0.314 e. The van der Waals surface area contributed by atoms with Crippen molar-refractivity contribution in [1.29, 1.82) is 0 Å². The van der Waals surface area contributed by atoms with Crippen LogP contribution in [0.15, 0.2) is 54.4 Å². The summed E-state index contributed by atoms with van der Waals surface area (Å²) in [6, 6.07) is 7.92. The number of aryl methyl sites for hydroxylation is 1. The first-order valence-electron chi connectivity index (χ1n) is 7.14. The van der Waals surface area contributed by atoms with E-state index < -0.39 is 0 Å². The summed E-state index contributed by atoms with van der Waals surface area (Å²) in [6.45, 7) is 1.97. The van der Waals surface area contributed by atoms with Crippen molar-refractivity contribution in [3.05, 3.63) is 60.1 Å². The number of anilines is 2. The number of thiazole rings is 1. The SMILES string of the molecule is Cc1csc(Nc2ncc(-c3cccnc3)c3cccnc23)n1. The van der Waals surface area contributed by atoms with Gasteiger partial charge in [0.25, 0.3) is 0 Å². The monoisotopic (exact) mass is 319 g/mol. The van der Waals surface area contributed by atoms with Crippen LogP contribution in [0.3, 0.4) is 0 Å². The van der Waals surface area contributed by atoms with Gasteiger partial charge in [-0.25, -0.2) is 9.97 Å². The molecule has 0 aromatic carbocycles. The summed E-state index contributed by atoms with van der Waals surface area (Å²) in [7, 11) is 0. The summed E-state index contributed by atoms with van der Waals surface area (Å²) < 4.78 is 0. The highest BCUT2D eigenvalue weighted by molar-refractivity contribution is 7.13. The summed E-state index contributed by atoms with van der Waals surface area (Å²) in [4.78, 5) is 17.7. The normalized spacial score (nSPS) is 10.8. The Bertz CT molecular complexity index is 965. The number of hydrogen-bond donors (Lipinski definition) is 1. The van der Waals surface area contributed by atoms with E-state index in [4.69, 9.17) is 0 Å². The third-order valence-electron chi connectivity index (χ3n) is 3.46. The molecule has 112 valence electrons. The summed E-state index contributed by atoms with van der Waals surface area (Å²) >= 11 is 1.55. The number of aromatic nitrogens is 4. The molecule has 4 aromatic heterocycles. The van der Waals surface area contributed by atoms with Gasteiger partial charge >= 0.3 is 0 Å². The van der Waals surface area contributed by atoms with Gasteiger partial charge in [0.2, 0.25) is 0 Å². The lowest BCUT2D eigenvalue weighted by Crippen LogP contribution is -1.97. The Kier molecular flexibility index (Phi) is 3.44. The van der Waals surface area contributed by atoms with Crippen molar-refractivity contribution in [2.75, 3.05) is 5.32 Å². The van der Waals surface area contributed by atoms with Crippen LogP contribution in [0.2, 0.25) is 0 Å². The minimum absolute atomic E-state index is 0.711. The maximum absolute atomic E-state index is 4.55. The van der Waals surface area contributed by atoms with Crippen molar-refractivity contribution >= 4 is 33.2 Å². The summed E-state index contributed by atoms with van der Waals surface area (Å²) in [5, 5.41) is 7.12. The Balaban J connectivity index is 1.85. The van der Waals surface area contributed by atoms with Crippen LogP contribution in [0.1, 0.15) is 5.69 Å². The van der Waals surface area contributed by atoms with Gasteiger partial charge in [0.15, 0.2) is 10.9 Å². The van der Waals surface area contributed by atoms with Crippen LogP contribution in [0.5, 0.6) is 0 Å². The van der Waals surface area contributed by atoms with Crippen LogP contribution in [0.25, 0.3) is 22.0 Å². The molecule has 4 rings (SSSR count). The average molecular weight is 319 g/mol. The van der Waals surface area contributed by atoms with Crippen molar-refractivity contribution < 1.29 is 0 Å². The van der Waals surface area contributed by atoms with E-state index in [0.29, 0.717) is 5.82 Å². The lowest BCUT2D eigenvalue weighted by Gasteiger charge is -2.10. The number of nitrogens with zero attached hydrogens (tertiary/aromatic N) is 4. The lowest BCUT2D eigenvalue weighted by molar-refractivity contribution is 1.24. The molecule has 0 aliphatic heterocycles. The molecule has 0 atom stereocenters. The first-order chi connectivity index (χ1) is 11.3. The van der Waals surface area contributed by atoms with Crippen LogP contribution < -0.4 is 5.32 Å². The van der Waals surface area contributed by atoms with Crippen molar-refractivity contribution in [1.82, 2.24) is 19.9 Å². The smallest absolute Gasteiger partial charge is 0.188 e. The van der Waals surface area contributed by atoms with E-state index >= 15 is 0 Å². The van der Waals surface area contributed by atoms with E-state index in [9.17, 15) is 0 Å². The molecule has 0 fully saturated rings. The highest BCUT2D eigenvalue weighted by Crippen LogP contribution is 2.31. The quantitative estimate of drug-likeness (QED) is 0.613. The van der Waals surface area contributed by atoms with Gasteiger partial charge in [0, 0.05) is 46.7 Å². The summed E-state index contributed by atoms with van der Waals surface area (Å²) in [5.41, 5.74) is 3.85. The maximum atomic E-state index is 4.55. The van der Waals surface area contributed by atoms with Crippen molar-refractivity contribution in [3.63, 3.8) is 0 Å². The van der Waals surface area contributed by atoms with Gasteiger partial charge in [0.1, 0.15) is 5.52 Å². The lowest BCUT2D eigenvalue weighted by atomic mass is 10.0. The molecule has 1 N–H and O–H groups in total. The van der Waals surface area contributed by atoms with Crippen LogP contribution >= 0.6 is 11.3 Å². The number of nitrogens with one attached hydrogen (secondary N) is 1. The van der Waals surface area contributed by atoms with E-state index in [1.165, 1.54) is 0 Å². The first kappa shape index (κ1) is 13.8. The van der Waals surface area contributed by atoms with E-state index in [1.807, 2.05) is 49.0 Å². The van der Waals surface area contributed by atoms with E-state index in [1.54, 1.807) is 23.7 Å². The molecule has 0 saturated heterocycles. The molecule has 6 heteroatoms. The van der Waals surface area contributed by atoms with E-state index in [-0.39, 0.29) is 0 Å². The van der Waals surface area contributed by atoms with E-state index in [2.05, 4.69) is 25.3 Å². The molecular weight excluding hydrogens is 306 g/mol. The molecule has 0 amide bonds. The summed E-state index contributed by atoms with van der Waals surface area (Å²) in [6.07, 6.45) is 7.22. The fraction of sp³-hybridized carbons (Fsp3) is 0.0588. The number of fused-ring (bicyclic) bond motifs is 1. The van der Waals surface area contributed by atoms with E-state index in [0.717, 1.165) is 32.9 Å². The molecule has 0 saturated carbocycles. The second-order valence-corrected chi connectivity index (χ2v) is 5.94. The third kappa shape index (κ3) is 2.64. The van der Waals surface area contributed by atoms with Crippen molar-refractivity contribution in [2.45, 2.75) is 6.92 Å². The van der Waals surface area contributed by atoms with Crippen LogP contribution in [0, 0.1) is 6.92 Å². The number of hydrogen-bond acceptors (Lipinski definition) is 6.